The van der Waals surface area contributed by atoms with E-state index in [1.165, 1.54) is 0 Å². The van der Waals surface area contributed by atoms with Crippen molar-refractivity contribution in [2.75, 3.05) is 0 Å². The summed E-state index contributed by atoms with van der Waals surface area (Å²) in [5, 5.41) is 1.00. The van der Waals surface area contributed by atoms with Crippen LogP contribution < -0.4 is 5.73 Å². The van der Waals surface area contributed by atoms with Gasteiger partial charge in [-0.05, 0) is 31.5 Å². The monoisotopic (exact) mass is 231 g/mol. The number of amides is 1. The van der Waals surface area contributed by atoms with Crippen LogP contribution in [0.25, 0.3) is 0 Å². The highest BCUT2D eigenvalue weighted by Crippen LogP contribution is 2.31. The lowest BCUT2D eigenvalue weighted by Gasteiger charge is -2.22. The molecule has 0 aromatic heterocycles. The second-order valence-corrected chi connectivity index (χ2v) is 4.46. The van der Waals surface area contributed by atoms with Crippen LogP contribution in [0.15, 0.2) is 18.2 Å². The Kier molecular flexibility index (Phi) is 3.07. The summed E-state index contributed by atoms with van der Waals surface area (Å²) in [5.74, 6) is -0.415. The average molecular weight is 232 g/mol. The summed E-state index contributed by atoms with van der Waals surface area (Å²) in [6, 6.07) is 5.01. The van der Waals surface area contributed by atoms with Gasteiger partial charge in [0.2, 0.25) is 5.91 Å². The Morgan fingerprint density at radius 2 is 1.93 bits per heavy atom. The predicted molar refractivity (Wildman–Crippen MR) is 58.7 cm³/mol. The fraction of sp³-hybridized carbons (Fsp3) is 0.300. The van der Waals surface area contributed by atoms with Gasteiger partial charge in [-0.15, -0.1) is 0 Å². The van der Waals surface area contributed by atoms with E-state index in [4.69, 9.17) is 28.9 Å². The maximum Gasteiger partial charge on any atom is 0.227 e. The second-order valence-electron chi connectivity index (χ2n) is 3.61. The lowest BCUT2D eigenvalue weighted by molar-refractivity contribution is -0.122. The lowest BCUT2D eigenvalue weighted by atomic mass is 9.84. The fourth-order valence-corrected chi connectivity index (χ4v) is 1.77. The van der Waals surface area contributed by atoms with Crippen molar-refractivity contribution < 1.29 is 4.79 Å². The first kappa shape index (κ1) is 11.3. The Hall–Kier alpha value is -0.730. The number of hydrogen-bond donors (Lipinski definition) is 1. The van der Waals surface area contributed by atoms with Crippen molar-refractivity contribution in [3.05, 3.63) is 33.8 Å². The van der Waals surface area contributed by atoms with Gasteiger partial charge in [0.25, 0.3) is 0 Å². The largest absolute Gasteiger partial charge is 0.369 e. The summed E-state index contributed by atoms with van der Waals surface area (Å²) in [6.07, 6.45) is 0. The van der Waals surface area contributed by atoms with Gasteiger partial charge in [0.05, 0.1) is 5.41 Å². The maximum atomic E-state index is 11.2. The van der Waals surface area contributed by atoms with Gasteiger partial charge in [0, 0.05) is 10.0 Å². The van der Waals surface area contributed by atoms with Crippen molar-refractivity contribution in [2.24, 2.45) is 5.73 Å². The predicted octanol–water partition coefficient (Wildman–Crippen LogP) is 2.76. The molecule has 0 aliphatic rings. The smallest absolute Gasteiger partial charge is 0.227 e. The highest BCUT2D eigenvalue weighted by Gasteiger charge is 2.29. The zero-order valence-electron chi connectivity index (χ0n) is 7.97. The molecule has 0 spiro atoms. The summed E-state index contributed by atoms with van der Waals surface area (Å²) < 4.78 is 0. The highest BCUT2D eigenvalue weighted by atomic mass is 35.5. The molecule has 0 unspecified atom stereocenters. The van der Waals surface area contributed by atoms with Crippen LogP contribution in [0.2, 0.25) is 10.0 Å². The van der Waals surface area contributed by atoms with E-state index in [9.17, 15) is 4.79 Å². The van der Waals surface area contributed by atoms with E-state index in [2.05, 4.69) is 0 Å². The molecule has 2 nitrogen and oxygen atoms in total. The van der Waals surface area contributed by atoms with Gasteiger partial charge in [-0.25, -0.2) is 0 Å². The molecule has 1 rings (SSSR count). The van der Waals surface area contributed by atoms with E-state index in [0.29, 0.717) is 15.6 Å². The molecule has 76 valence electrons. The van der Waals surface area contributed by atoms with Gasteiger partial charge in [-0.2, -0.15) is 0 Å². The molecule has 4 heteroatoms. The molecule has 2 N–H and O–H groups in total. The van der Waals surface area contributed by atoms with Gasteiger partial charge >= 0.3 is 0 Å². The van der Waals surface area contributed by atoms with Crippen LogP contribution in [0.4, 0.5) is 0 Å². The van der Waals surface area contributed by atoms with Crippen molar-refractivity contribution in [3.63, 3.8) is 0 Å². The fourth-order valence-electron chi connectivity index (χ4n) is 1.13. The summed E-state index contributed by atoms with van der Waals surface area (Å²) >= 11 is 11.7. The van der Waals surface area contributed by atoms with Gasteiger partial charge in [-0.3, -0.25) is 4.79 Å². The van der Waals surface area contributed by atoms with E-state index in [0.717, 1.165) is 0 Å². The summed E-state index contributed by atoms with van der Waals surface area (Å²) in [7, 11) is 0. The van der Waals surface area contributed by atoms with Gasteiger partial charge < -0.3 is 5.73 Å². The minimum absolute atomic E-state index is 0.415. The summed E-state index contributed by atoms with van der Waals surface area (Å²) in [6.45, 7) is 3.45. The SMILES string of the molecule is CC(C)(C(N)=O)c1ccc(Cl)cc1Cl. The number of benzene rings is 1. The average Bonchev–Trinajstić information content (AvgIpc) is 2.02. The second kappa shape index (κ2) is 3.79. The Morgan fingerprint density at radius 3 is 2.36 bits per heavy atom. The van der Waals surface area contributed by atoms with E-state index >= 15 is 0 Å². The van der Waals surface area contributed by atoms with Gasteiger partial charge in [-0.1, -0.05) is 29.3 Å². The molecule has 0 aliphatic carbocycles. The topological polar surface area (TPSA) is 43.1 Å². The zero-order valence-corrected chi connectivity index (χ0v) is 9.49. The van der Waals surface area contributed by atoms with Crippen LogP contribution in [0, 0.1) is 0 Å². The third kappa shape index (κ3) is 2.02. The molecule has 0 saturated heterocycles. The first-order chi connectivity index (χ1) is 6.35. The molecular formula is C10H11Cl2NO. The van der Waals surface area contributed by atoms with Crippen molar-refractivity contribution in [1.29, 1.82) is 0 Å². The van der Waals surface area contributed by atoms with Crippen molar-refractivity contribution in [1.82, 2.24) is 0 Å². The first-order valence-electron chi connectivity index (χ1n) is 4.11. The Morgan fingerprint density at radius 1 is 1.36 bits per heavy atom. The molecule has 1 amide bonds. The van der Waals surface area contributed by atoms with Crippen LogP contribution in [0.3, 0.4) is 0 Å². The van der Waals surface area contributed by atoms with Crippen LogP contribution in [0.5, 0.6) is 0 Å². The molecular weight excluding hydrogens is 221 g/mol. The molecule has 0 bridgehead atoms. The number of rotatable bonds is 2. The summed E-state index contributed by atoms with van der Waals surface area (Å²) in [5.41, 5.74) is 5.19. The van der Waals surface area contributed by atoms with Crippen LogP contribution in [0.1, 0.15) is 19.4 Å². The Bertz CT molecular complexity index is 374. The normalized spacial score (nSPS) is 11.4. The van der Waals surface area contributed by atoms with E-state index in [1.807, 2.05) is 0 Å². The van der Waals surface area contributed by atoms with Crippen LogP contribution >= 0.6 is 23.2 Å². The molecule has 0 fully saturated rings. The Balaban J connectivity index is 3.26. The van der Waals surface area contributed by atoms with Crippen LogP contribution in [-0.2, 0) is 10.2 Å². The quantitative estimate of drug-likeness (QED) is 0.836. The number of primary amides is 1. The molecule has 1 aromatic carbocycles. The molecule has 1 aromatic rings. The number of carbonyl (C=O) groups is 1. The number of carbonyl (C=O) groups excluding carboxylic acids is 1. The van der Waals surface area contributed by atoms with Crippen molar-refractivity contribution in [2.45, 2.75) is 19.3 Å². The molecule has 0 radical (unpaired) electrons. The maximum absolute atomic E-state index is 11.2. The summed E-state index contributed by atoms with van der Waals surface area (Å²) in [4.78, 5) is 11.2. The zero-order chi connectivity index (χ0) is 10.9. The molecule has 14 heavy (non-hydrogen) atoms. The van der Waals surface area contributed by atoms with Crippen LogP contribution in [-0.4, -0.2) is 5.91 Å². The minimum Gasteiger partial charge on any atom is -0.369 e. The van der Waals surface area contributed by atoms with Gasteiger partial charge in [0.15, 0.2) is 0 Å². The highest BCUT2D eigenvalue weighted by molar-refractivity contribution is 6.35. The third-order valence-electron chi connectivity index (χ3n) is 2.22. The molecule has 0 saturated carbocycles. The number of halogens is 2. The molecule has 0 aliphatic heterocycles. The van der Waals surface area contributed by atoms with E-state index in [-0.39, 0.29) is 0 Å². The lowest BCUT2D eigenvalue weighted by Crippen LogP contribution is -2.35. The van der Waals surface area contributed by atoms with E-state index < -0.39 is 11.3 Å². The van der Waals surface area contributed by atoms with E-state index in [1.54, 1.807) is 32.0 Å². The number of nitrogens with two attached hydrogens (primary N) is 1. The van der Waals surface area contributed by atoms with Crippen molar-refractivity contribution in [3.8, 4) is 0 Å². The minimum atomic E-state index is -0.776. The third-order valence-corrected chi connectivity index (χ3v) is 2.77. The van der Waals surface area contributed by atoms with Gasteiger partial charge in [0.1, 0.15) is 0 Å². The van der Waals surface area contributed by atoms with Crippen molar-refractivity contribution >= 4 is 29.1 Å². The standard InChI is InChI=1S/C10H11Cl2NO/c1-10(2,9(13)14)7-4-3-6(11)5-8(7)12/h3-5H,1-2H3,(H2,13,14). The Labute approximate surface area is 93.0 Å². The number of hydrogen-bond acceptors (Lipinski definition) is 1. The molecule has 0 atom stereocenters. The first-order valence-corrected chi connectivity index (χ1v) is 4.86. The molecule has 0 heterocycles.